The SMILES string of the molecule is CCCC(C)NC(=O)COC(=O)c1ccc(CN2CCCC2=O)cc1. The number of rotatable bonds is 8. The highest BCUT2D eigenvalue weighted by Crippen LogP contribution is 2.15. The van der Waals surface area contributed by atoms with E-state index in [4.69, 9.17) is 4.74 Å². The fourth-order valence-corrected chi connectivity index (χ4v) is 2.87. The van der Waals surface area contributed by atoms with Crippen molar-refractivity contribution in [2.75, 3.05) is 13.2 Å². The lowest BCUT2D eigenvalue weighted by atomic mass is 10.1. The van der Waals surface area contributed by atoms with Crippen molar-refractivity contribution in [2.45, 2.75) is 52.1 Å². The molecule has 1 aliphatic heterocycles. The molecular formula is C19H26N2O4. The standard InChI is InChI=1S/C19H26N2O4/c1-3-5-14(2)20-17(22)13-25-19(24)16-9-7-15(8-10-16)12-21-11-4-6-18(21)23/h7-10,14H,3-6,11-13H2,1-2H3,(H,20,22). The summed E-state index contributed by atoms with van der Waals surface area (Å²) in [5, 5.41) is 2.79. The van der Waals surface area contributed by atoms with Crippen LogP contribution in [-0.2, 0) is 20.9 Å². The maximum atomic E-state index is 12.0. The molecule has 1 saturated heterocycles. The second-order valence-corrected chi connectivity index (χ2v) is 6.45. The van der Waals surface area contributed by atoms with Gasteiger partial charge in [0.2, 0.25) is 5.91 Å². The van der Waals surface area contributed by atoms with Gasteiger partial charge >= 0.3 is 5.97 Å². The lowest BCUT2D eigenvalue weighted by molar-refractivity contribution is -0.128. The Morgan fingerprint density at radius 3 is 2.60 bits per heavy atom. The van der Waals surface area contributed by atoms with Crippen LogP contribution in [0.2, 0.25) is 0 Å². The molecule has 1 fully saturated rings. The average Bonchev–Trinajstić information content (AvgIpc) is 2.98. The van der Waals surface area contributed by atoms with Crippen molar-refractivity contribution in [1.29, 1.82) is 0 Å². The summed E-state index contributed by atoms with van der Waals surface area (Å²) in [6, 6.07) is 7.02. The van der Waals surface area contributed by atoms with Crippen LogP contribution < -0.4 is 5.32 Å². The quantitative estimate of drug-likeness (QED) is 0.733. The van der Waals surface area contributed by atoms with Crippen molar-refractivity contribution in [3.8, 4) is 0 Å². The number of likely N-dealkylation sites (tertiary alicyclic amines) is 1. The van der Waals surface area contributed by atoms with Crippen molar-refractivity contribution in [3.05, 3.63) is 35.4 Å². The maximum Gasteiger partial charge on any atom is 0.338 e. The summed E-state index contributed by atoms with van der Waals surface area (Å²) in [5.41, 5.74) is 1.36. The van der Waals surface area contributed by atoms with Gasteiger partial charge in [0, 0.05) is 25.6 Å². The lowest BCUT2D eigenvalue weighted by Crippen LogP contribution is -2.35. The fraction of sp³-hybridized carbons (Fsp3) is 0.526. The van der Waals surface area contributed by atoms with E-state index in [0.717, 1.165) is 31.4 Å². The molecule has 25 heavy (non-hydrogen) atoms. The van der Waals surface area contributed by atoms with Crippen LogP contribution in [0.1, 0.15) is 55.5 Å². The fourth-order valence-electron chi connectivity index (χ4n) is 2.87. The van der Waals surface area contributed by atoms with E-state index in [9.17, 15) is 14.4 Å². The number of benzene rings is 1. The minimum absolute atomic E-state index is 0.0729. The zero-order chi connectivity index (χ0) is 18.2. The second-order valence-electron chi connectivity index (χ2n) is 6.45. The average molecular weight is 346 g/mol. The molecule has 1 aromatic carbocycles. The Morgan fingerprint density at radius 2 is 2.00 bits per heavy atom. The van der Waals surface area contributed by atoms with E-state index in [-0.39, 0.29) is 24.5 Å². The Balaban J connectivity index is 1.79. The summed E-state index contributed by atoms with van der Waals surface area (Å²) in [4.78, 5) is 37.2. The molecule has 1 aliphatic rings. The van der Waals surface area contributed by atoms with Gasteiger partial charge in [0.25, 0.3) is 5.91 Å². The molecule has 6 heteroatoms. The van der Waals surface area contributed by atoms with Crippen molar-refractivity contribution in [3.63, 3.8) is 0 Å². The first-order valence-corrected chi connectivity index (χ1v) is 8.82. The Hall–Kier alpha value is -2.37. The van der Waals surface area contributed by atoms with E-state index < -0.39 is 5.97 Å². The molecule has 2 rings (SSSR count). The van der Waals surface area contributed by atoms with Gasteiger partial charge in [-0.1, -0.05) is 25.5 Å². The molecular weight excluding hydrogens is 320 g/mol. The van der Waals surface area contributed by atoms with Gasteiger partial charge < -0.3 is 15.0 Å². The molecule has 0 spiro atoms. The predicted molar refractivity (Wildman–Crippen MR) is 93.9 cm³/mol. The molecule has 136 valence electrons. The highest BCUT2D eigenvalue weighted by atomic mass is 16.5. The number of hydrogen-bond donors (Lipinski definition) is 1. The van der Waals surface area contributed by atoms with E-state index in [1.165, 1.54) is 0 Å². The largest absolute Gasteiger partial charge is 0.452 e. The van der Waals surface area contributed by atoms with Crippen molar-refractivity contribution in [1.82, 2.24) is 10.2 Å². The van der Waals surface area contributed by atoms with E-state index in [0.29, 0.717) is 18.5 Å². The van der Waals surface area contributed by atoms with Gasteiger partial charge in [0.1, 0.15) is 0 Å². The first-order chi connectivity index (χ1) is 12.0. The first-order valence-electron chi connectivity index (χ1n) is 8.82. The highest BCUT2D eigenvalue weighted by molar-refractivity contribution is 5.91. The number of ether oxygens (including phenoxy) is 1. The summed E-state index contributed by atoms with van der Waals surface area (Å²) in [6.07, 6.45) is 3.39. The summed E-state index contributed by atoms with van der Waals surface area (Å²) >= 11 is 0. The van der Waals surface area contributed by atoms with Crippen LogP contribution in [0.15, 0.2) is 24.3 Å². The summed E-state index contributed by atoms with van der Waals surface area (Å²) < 4.78 is 5.04. The van der Waals surface area contributed by atoms with Crippen LogP contribution in [0, 0.1) is 0 Å². The number of nitrogens with zero attached hydrogens (tertiary/aromatic N) is 1. The van der Waals surface area contributed by atoms with Gasteiger partial charge in [0.05, 0.1) is 5.56 Å². The van der Waals surface area contributed by atoms with Crippen LogP contribution in [0.5, 0.6) is 0 Å². The van der Waals surface area contributed by atoms with E-state index in [1.807, 2.05) is 30.9 Å². The molecule has 0 saturated carbocycles. The third-order valence-electron chi connectivity index (χ3n) is 4.20. The van der Waals surface area contributed by atoms with Gasteiger partial charge in [-0.15, -0.1) is 0 Å². The number of carbonyl (C=O) groups is 3. The van der Waals surface area contributed by atoms with Crippen molar-refractivity contribution < 1.29 is 19.1 Å². The van der Waals surface area contributed by atoms with Gasteiger partial charge in [-0.25, -0.2) is 4.79 Å². The number of carbonyl (C=O) groups excluding carboxylic acids is 3. The molecule has 6 nitrogen and oxygen atoms in total. The predicted octanol–water partition coefficient (Wildman–Crippen LogP) is 2.27. The minimum Gasteiger partial charge on any atom is -0.452 e. The van der Waals surface area contributed by atoms with E-state index in [2.05, 4.69) is 5.32 Å². The summed E-state index contributed by atoms with van der Waals surface area (Å²) in [5.74, 6) is -0.646. The number of hydrogen-bond acceptors (Lipinski definition) is 4. The lowest BCUT2D eigenvalue weighted by Gasteiger charge is -2.15. The Morgan fingerprint density at radius 1 is 1.28 bits per heavy atom. The summed E-state index contributed by atoms with van der Waals surface area (Å²) in [7, 11) is 0. The third kappa shape index (κ3) is 5.89. The van der Waals surface area contributed by atoms with Crippen LogP contribution in [0.3, 0.4) is 0 Å². The molecule has 1 heterocycles. The monoisotopic (exact) mass is 346 g/mol. The minimum atomic E-state index is -0.526. The Kier molecular flexibility index (Phi) is 6.98. The Bertz CT molecular complexity index is 612. The van der Waals surface area contributed by atoms with Crippen molar-refractivity contribution in [2.24, 2.45) is 0 Å². The van der Waals surface area contributed by atoms with Crippen molar-refractivity contribution >= 4 is 17.8 Å². The van der Waals surface area contributed by atoms with Gasteiger partial charge in [-0.2, -0.15) is 0 Å². The molecule has 1 aromatic rings. The zero-order valence-electron chi connectivity index (χ0n) is 14.9. The molecule has 1 atom stereocenters. The first kappa shape index (κ1) is 19.0. The van der Waals surface area contributed by atoms with Crippen LogP contribution in [0.25, 0.3) is 0 Å². The molecule has 2 amide bonds. The van der Waals surface area contributed by atoms with Crippen LogP contribution in [0.4, 0.5) is 0 Å². The Labute approximate surface area is 148 Å². The van der Waals surface area contributed by atoms with Gasteiger partial charge in [-0.3, -0.25) is 9.59 Å². The third-order valence-corrected chi connectivity index (χ3v) is 4.20. The zero-order valence-corrected chi connectivity index (χ0v) is 14.9. The molecule has 1 N–H and O–H groups in total. The number of esters is 1. The topological polar surface area (TPSA) is 75.7 Å². The van der Waals surface area contributed by atoms with Gasteiger partial charge in [0.15, 0.2) is 6.61 Å². The van der Waals surface area contributed by atoms with Crippen LogP contribution >= 0.6 is 0 Å². The molecule has 0 radical (unpaired) electrons. The molecule has 1 unspecified atom stereocenters. The van der Waals surface area contributed by atoms with Gasteiger partial charge in [-0.05, 0) is 37.5 Å². The molecule has 0 aliphatic carbocycles. The second kappa shape index (κ2) is 9.20. The van der Waals surface area contributed by atoms with E-state index in [1.54, 1.807) is 12.1 Å². The number of nitrogens with one attached hydrogen (secondary N) is 1. The summed E-state index contributed by atoms with van der Waals surface area (Å²) in [6.45, 7) is 5.04. The van der Waals surface area contributed by atoms with E-state index >= 15 is 0 Å². The molecule has 0 aromatic heterocycles. The maximum absolute atomic E-state index is 12.0. The highest BCUT2D eigenvalue weighted by Gasteiger charge is 2.20. The van der Waals surface area contributed by atoms with Crippen LogP contribution in [-0.4, -0.2) is 41.9 Å². The number of amides is 2. The molecule has 0 bridgehead atoms. The smallest absolute Gasteiger partial charge is 0.338 e. The normalized spacial score (nSPS) is 15.1.